The smallest absolute Gasteiger partial charge is 0.387 e. The molecule has 0 aromatic heterocycles. The number of hydrogen-bond acceptors (Lipinski definition) is 6. The van der Waals surface area contributed by atoms with Crippen molar-refractivity contribution >= 4 is 5.96 Å². The van der Waals surface area contributed by atoms with E-state index in [0.717, 1.165) is 25.7 Å². The molecule has 0 radical (unpaired) electrons. The highest BCUT2D eigenvalue weighted by molar-refractivity contribution is 5.83. The predicted octanol–water partition coefficient (Wildman–Crippen LogP) is 2.27. The fourth-order valence-electron chi connectivity index (χ4n) is 4.15. The van der Waals surface area contributed by atoms with Crippen LogP contribution >= 0.6 is 0 Å². The molecular weight excluding hydrogens is 410 g/mol. The van der Waals surface area contributed by atoms with Gasteiger partial charge in [-0.3, -0.25) is 15.8 Å². The summed E-state index contributed by atoms with van der Waals surface area (Å²) in [6.07, 6.45) is 5.48. The quantitative estimate of drug-likeness (QED) is 0.360. The maximum Gasteiger partial charge on any atom is 0.387 e. The first-order valence-electron chi connectivity index (χ1n) is 10.3. The van der Waals surface area contributed by atoms with Crippen molar-refractivity contribution in [3.63, 3.8) is 0 Å². The molecule has 1 atom stereocenters. The summed E-state index contributed by atoms with van der Waals surface area (Å²) in [4.78, 5) is 15.4. The molecule has 2 aliphatic rings. The lowest BCUT2D eigenvalue weighted by atomic mass is 9.77. The lowest BCUT2D eigenvalue weighted by Gasteiger charge is -2.37. The van der Waals surface area contributed by atoms with Gasteiger partial charge in [0.05, 0.1) is 17.7 Å². The number of guanidine groups is 1. The van der Waals surface area contributed by atoms with Crippen molar-refractivity contribution in [1.82, 2.24) is 10.6 Å². The Labute approximate surface area is 179 Å². The number of benzene rings is 1. The zero-order valence-electron chi connectivity index (χ0n) is 17.1. The number of halogens is 2. The second-order valence-corrected chi connectivity index (χ2v) is 8.04. The third-order valence-electron chi connectivity index (χ3n) is 5.79. The zero-order chi connectivity index (χ0) is 22.4. The van der Waals surface area contributed by atoms with E-state index in [1.54, 1.807) is 12.1 Å². The van der Waals surface area contributed by atoms with Gasteiger partial charge in [-0.15, -0.1) is 0 Å². The molecule has 1 heterocycles. The summed E-state index contributed by atoms with van der Waals surface area (Å²) in [6.45, 7) is -2.11. The molecule has 1 fully saturated rings. The first kappa shape index (κ1) is 22.9. The summed E-state index contributed by atoms with van der Waals surface area (Å²) in [7, 11) is 0. The highest BCUT2D eigenvalue weighted by atomic mass is 19.3. The molecular formula is C20H28F2N6O3. The topological polar surface area (TPSA) is 141 Å². The number of nitro groups is 1. The van der Waals surface area contributed by atoms with Crippen molar-refractivity contribution in [3.05, 3.63) is 51.8 Å². The van der Waals surface area contributed by atoms with Gasteiger partial charge in [-0.2, -0.15) is 8.78 Å². The predicted molar refractivity (Wildman–Crippen MR) is 112 cm³/mol. The molecule has 11 heteroatoms. The van der Waals surface area contributed by atoms with Crippen molar-refractivity contribution in [2.24, 2.45) is 28.3 Å². The fourth-order valence-corrected chi connectivity index (χ4v) is 4.15. The molecule has 1 aromatic carbocycles. The van der Waals surface area contributed by atoms with Gasteiger partial charge in [0.2, 0.25) is 0 Å². The van der Waals surface area contributed by atoms with E-state index in [2.05, 4.69) is 20.4 Å². The molecule has 1 aromatic rings. The zero-order valence-corrected chi connectivity index (χ0v) is 17.1. The van der Waals surface area contributed by atoms with Crippen LogP contribution in [0.3, 0.4) is 0 Å². The van der Waals surface area contributed by atoms with Gasteiger partial charge in [-0.05, 0) is 68.2 Å². The van der Waals surface area contributed by atoms with Gasteiger partial charge in [0.1, 0.15) is 5.75 Å². The Bertz CT molecular complexity index is 842. The van der Waals surface area contributed by atoms with Gasteiger partial charge in [-0.1, -0.05) is 12.1 Å². The van der Waals surface area contributed by atoms with Crippen molar-refractivity contribution < 1.29 is 18.4 Å². The molecule has 0 bridgehead atoms. The number of nitrogens with one attached hydrogen (secondary N) is 2. The van der Waals surface area contributed by atoms with E-state index < -0.39 is 17.2 Å². The van der Waals surface area contributed by atoms with E-state index >= 15 is 0 Å². The van der Waals surface area contributed by atoms with Gasteiger partial charge in [0, 0.05) is 0 Å². The molecule has 0 spiro atoms. The van der Waals surface area contributed by atoms with E-state index in [0.29, 0.717) is 24.4 Å². The Hall–Kier alpha value is -2.79. The largest absolute Gasteiger partial charge is 0.435 e. The Morgan fingerprint density at radius 1 is 1.29 bits per heavy atom. The van der Waals surface area contributed by atoms with Crippen molar-refractivity contribution in [2.75, 3.05) is 6.54 Å². The second-order valence-electron chi connectivity index (χ2n) is 8.04. The molecule has 1 saturated carbocycles. The van der Waals surface area contributed by atoms with E-state index in [1.807, 2.05) is 0 Å². The highest BCUT2D eigenvalue weighted by Gasteiger charge is 2.44. The Kier molecular flexibility index (Phi) is 7.39. The third-order valence-corrected chi connectivity index (χ3v) is 5.79. The molecule has 170 valence electrons. The Balaban J connectivity index is 1.70. The maximum absolute atomic E-state index is 12.4. The Morgan fingerprint density at radius 3 is 2.65 bits per heavy atom. The summed E-state index contributed by atoms with van der Waals surface area (Å²) in [6, 6.07) is 6.19. The SMILES string of the molecule is NCC1CCC(CC2(N)NC(=NCc3cccc(OC(F)F)c3)NC=C2[N+](=O)[O-])CC1. The first-order valence-corrected chi connectivity index (χ1v) is 10.3. The second kappa shape index (κ2) is 10.0. The molecule has 1 unspecified atom stereocenters. The minimum Gasteiger partial charge on any atom is -0.435 e. The van der Waals surface area contributed by atoms with Crippen molar-refractivity contribution in [2.45, 2.75) is 50.9 Å². The van der Waals surface area contributed by atoms with Crippen LogP contribution in [0.1, 0.15) is 37.7 Å². The average molecular weight is 438 g/mol. The summed E-state index contributed by atoms with van der Waals surface area (Å²) in [5, 5.41) is 17.3. The van der Waals surface area contributed by atoms with Gasteiger partial charge < -0.3 is 21.1 Å². The van der Waals surface area contributed by atoms with Crippen LogP contribution < -0.4 is 26.8 Å². The average Bonchev–Trinajstić information content (AvgIpc) is 2.72. The van der Waals surface area contributed by atoms with Crippen molar-refractivity contribution in [1.29, 1.82) is 0 Å². The van der Waals surface area contributed by atoms with Crippen LogP contribution in [0.2, 0.25) is 0 Å². The highest BCUT2D eigenvalue weighted by Crippen LogP contribution is 2.34. The van der Waals surface area contributed by atoms with Gasteiger partial charge in [-0.25, -0.2) is 4.99 Å². The molecule has 0 amide bonds. The van der Waals surface area contributed by atoms with Crippen LogP contribution in [0.4, 0.5) is 8.78 Å². The van der Waals surface area contributed by atoms with Gasteiger partial charge >= 0.3 is 12.3 Å². The number of alkyl halides is 2. The summed E-state index contributed by atoms with van der Waals surface area (Å²) in [5.41, 5.74) is 11.3. The van der Waals surface area contributed by atoms with Crippen LogP contribution in [0.5, 0.6) is 5.75 Å². The summed E-state index contributed by atoms with van der Waals surface area (Å²) >= 11 is 0. The number of hydrogen-bond donors (Lipinski definition) is 4. The number of nitrogens with zero attached hydrogens (tertiary/aromatic N) is 2. The normalized spacial score (nSPS) is 27.4. The standard InChI is InChI=1S/C20H28F2N6O3/c21-18(22)31-16-3-1-2-15(8-16)11-25-19-26-12-17(28(29)30)20(24,27-19)9-13-4-6-14(10-23)7-5-13/h1-3,8,12-14,18H,4-7,9-11,23-24H2,(H2,25,26,27). The van der Waals surface area contributed by atoms with E-state index in [9.17, 15) is 18.9 Å². The fraction of sp³-hybridized carbons (Fsp3) is 0.550. The van der Waals surface area contributed by atoms with Crippen LogP contribution in [0.25, 0.3) is 0 Å². The number of ether oxygens (including phenoxy) is 1. The molecule has 1 aliphatic carbocycles. The summed E-state index contributed by atoms with van der Waals surface area (Å²) < 4.78 is 29.2. The minimum atomic E-state index is -2.91. The van der Waals surface area contributed by atoms with Gasteiger partial charge in [0.25, 0.3) is 0 Å². The molecule has 0 saturated heterocycles. The third kappa shape index (κ3) is 6.11. The lowest BCUT2D eigenvalue weighted by molar-refractivity contribution is -0.437. The van der Waals surface area contributed by atoms with E-state index in [1.165, 1.54) is 18.3 Å². The summed E-state index contributed by atoms with van der Waals surface area (Å²) in [5.74, 6) is 1.06. The van der Waals surface area contributed by atoms with Gasteiger partial charge in [0.15, 0.2) is 11.6 Å². The van der Waals surface area contributed by atoms with Crippen LogP contribution in [-0.4, -0.2) is 29.7 Å². The van der Waals surface area contributed by atoms with Crippen molar-refractivity contribution in [3.8, 4) is 5.75 Å². The monoisotopic (exact) mass is 438 g/mol. The lowest BCUT2D eigenvalue weighted by Crippen LogP contribution is -2.64. The maximum atomic E-state index is 12.4. The molecule has 1 aliphatic heterocycles. The Morgan fingerprint density at radius 2 is 2.00 bits per heavy atom. The van der Waals surface area contributed by atoms with E-state index in [4.69, 9.17) is 11.5 Å². The van der Waals surface area contributed by atoms with Crippen LogP contribution in [0, 0.1) is 22.0 Å². The molecule has 31 heavy (non-hydrogen) atoms. The number of nitrogens with two attached hydrogens (primary N) is 2. The first-order chi connectivity index (χ1) is 14.8. The minimum absolute atomic E-state index is 0.0362. The van der Waals surface area contributed by atoms with Crippen LogP contribution in [-0.2, 0) is 6.54 Å². The van der Waals surface area contributed by atoms with Crippen LogP contribution in [0.15, 0.2) is 41.2 Å². The molecule has 6 N–H and O–H groups in total. The number of aliphatic imine (C=N–C) groups is 1. The molecule has 3 rings (SSSR count). The van der Waals surface area contributed by atoms with E-state index in [-0.39, 0.29) is 29.9 Å². The molecule has 9 nitrogen and oxygen atoms in total. The number of rotatable bonds is 8.